The molecule has 1 fully saturated rings. The Morgan fingerprint density at radius 1 is 0.921 bits per heavy atom. The number of nitrogens with zero attached hydrogens (tertiary/aromatic N) is 3. The fourth-order valence-corrected chi connectivity index (χ4v) is 5.14. The van der Waals surface area contributed by atoms with Gasteiger partial charge in [-0.1, -0.05) is 36.4 Å². The maximum atomic E-state index is 13.1. The van der Waals surface area contributed by atoms with E-state index in [1.807, 2.05) is 24.3 Å². The number of nitrogens with one attached hydrogen (secondary N) is 2. The van der Waals surface area contributed by atoms with E-state index in [9.17, 15) is 4.79 Å². The van der Waals surface area contributed by atoms with Gasteiger partial charge in [-0.2, -0.15) is 0 Å². The number of aromatic nitrogens is 2. The molecule has 0 aliphatic carbocycles. The average Bonchev–Trinajstić information content (AvgIpc) is 3.55. The molecule has 2 aromatic carbocycles. The number of hydrogen-bond donors (Lipinski definition) is 2. The predicted octanol–water partition coefficient (Wildman–Crippen LogP) is 4.68. The first-order valence-corrected chi connectivity index (χ1v) is 13.0. The minimum absolute atomic E-state index is 0.140. The zero-order chi connectivity index (χ0) is 25.9. The molecule has 194 valence electrons. The van der Waals surface area contributed by atoms with E-state index in [1.54, 1.807) is 24.5 Å². The van der Waals surface area contributed by atoms with Crippen LogP contribution >= 0.6 is 0 Å². The lowest BCUT2D eigenvalue weighted by atomic mass is 10.1. The summed E-state index contributed by atoms with van der Waals surface area (Å²) in [6.07, 6.45) is 3.28. The third kappa shape index (κ3) is 5.14. The number of fused-ring (bicyclic) bond motifs is 1. The molecule has 0 saturated carbocycles. The van der Waals surface area contributed by atoms with Crippen LogP contribution in [0.4, 0.5) is 5.69 Å². The van der Waals surface area contributed by atoms with Crippen LogP contribution in [0, 0.1) is 6.92 Å². The molecular weight excluding hydrogens is 478 g/mol. The van der Waals surface area contributed by atoms with Gasteiger partial charge in [0.2, 0.25) is 6.79 Å². The van der Waals surface area contributed by atoms with Crippen LogP contribution in [-0.4, -0.2) is 58.6 Å². The van der Waals surface area contributed by atoms with Crippen LogP contribution in [0.2, 0.25) is 0 Å². The van der Waals surface area contributed by atoms with E-state index in [4.69, 9.17) is 9.47 Å². The molecule has 4 heterocycles. The van der Waals surface area contributed by atoms with E-state index in [1.165, 1.54) is 5.56 Å². The minimum Gasteiger partial charge on any atom is -0.454 e. The summed E-state index contributed by atoms with van der Waals surface area (Å²) < 4.78 is 11.0. The molecule has 0 bridgehead atoms. The number of pyridine rings is 1. The van der Waals surface area contributed by atoms with Crippen molar-refractivity contribution in [2.45, 2.75) is 20.0 Å². The molecule has 0 unspecified atom stereocenters. The Morgan fingerprint density at radius 3 is 2.39 bits per heavy atom. The standard InChI is InChI=1S/C30H31N5O3/c1-21-25(19-35-15-13-34(14-16-35)18-22-7-8-26-27(17-22)38-20-37-26)29(28(32-21)23-5-3-2-4-6-23)33-30(36)24-9-11-31-12-10-24/h2-12,17,32H,13-16,18-20H2,1H3,(H,33,36). The van der Waals surface area contributed by atoms with Crippen LogP contribution in [0.3, 0.4) is 0 Å². The van der Waals surface area contributed by atoms with Crippen LogP contribution in [0.25, 0.3) is 11.3 Å². The highest BCUT2D eigenvalue weighted by molar-refractivity contribution is 6.06. The molecule has 4 aromatic rings. The number of aromatic amines is 1. The van der Waals surface area contributed by atoms with Gasteiger partial charge < -0.3 is 19.8 Å². The van der Waals surface area contributed by atoms with Crippen LogP contribution in [-0.2, 0) is 13.1 Å². The molecule has 0 spiro atoms. The van der Waals surface area contributed by atoms with E-state index in [0.29, 0.717) is 12.4 Å². The largest absolute Gasteiger partial charge is 0.454 e. The summed E-state index contributed by atoms with van der Waals surface area (Å²) in [5.74, 6) is 1.51. The number of carbonyl (C=O) groups is 1. The van der Waals surface area contributed by atoms with Gasteiger partial charge in [0, 0.05) is 74.0 Å². The fraction of sp³-hybridized carbons (Fsp3) is 0.267. The van der Waals surface area contributed by atoms with E-state index < -0.39 is 0 Å². The van der Waals surface area contributed by atoms with Gasteiger partial charge in [-0.3, -0.25) is 19.6 Å². The van der Waals surface area contributed by atoms with E-state index in [0.717, 1.165) is 79.0 Å². The number of hydrogen-bond acceptors (Lipinski definition) is 6. The number of amides is 1. The number of anilines is 1. The summed E-state index contributed by atoms with van der Waals surface area (Å²) >= 11 is 0. The highest BCUT2D eigenvalue weighted by Crippen LogP contribution is 2.35. The first-order valence-electron chi connectivity index (χ1n) is 13.0. The molecule has 0 radical (unpaired) electrons. The SMILES string of the molecule is Cc1[nH]c(-c2ccccc2)c(NC(=O)c2ccncc2)c1CN1CCN(Cc2ccc3c(c2)OCO3)CC1. The zero-order valence-corrected chi connectivity index (χ0v) is 21.4. The third-order valence-corrected chi connectivity index (χ3v) is 7.25. The second-order valence-corrected chi connectivity index (χ2v) is 9.77. The van der Waals surface area contributed by atoms with Crippen LogP contribution in [0.15, 0.2) is 73.1 Å². The summed E-state index contributed by atoms with van der Waals surface area (Å²) in [6, 6.07) is 19.8. The van der Waals surface area contributed by atoms with Crippen molar-refractivity contribution in [3.63, 3.8) is 0 Å². The molecule has 1 saturated heterocycles. The molecule has 38 heavy (non-hydrogen) atoms. The number of rotatable bonds is 7. The Kier molecular flexibility index (Phi) is 6.81. The van der Waals surface area contributed by atoms with Crippen LogP contribution < -0.4 is 14.8 Å². The summed E-state index contributed by atoms with van der Waals surface area (Å²) in [5.41, 5.74) is 6.83. The smallest absolute Gasteiger partial charge is 0.255 e. The first-order chi connectivity index (χ1) is 18.6. The second kappa shape index (κ2) is 10.7. The molecule has 6 rings (SSSR count). The zero-order valence-electron chi connectivity index (χ0n) is 21.4. The first kappa shape index (κ1) is 24.2. The Morgan fingerprint density at radius 2 is 1.63 bits per heavy atom. The van der Waals surface area contributed by atoms with Gasteiger partial charge in [0.15, 0.2) is 11.5 Å². The Labute approximate surface area is 222 Å². The molecule has 8 heteroatoms. The maximum absolute atomic E-state index is 13.1. The number of piperazine rings is 1. The van der Waals surface area contributed by atoms with Gasteiger partial charge in [-0.25, -0.2) is 0 Å². The quantitative estimate of drug-likeness (QED) is 0.376. The van der Waals surface area contributed by atoms with Gasteiger partial charge in [0.05, 0.1) is 11.4 Å². The van der Waals surface area contributed by atoms with Crippen molar-refractivity contribution < 1.29 is 14.3 Å². The van der Waals surface area contributed by atoms with Crippen molar-refractivity contribution in [1.82, 2.24) is 19.8 Å². The van der Waals surface area contributed by atoms with Crippen molar-refractivity contribution >= 4 is 11.6 Å². The number of ether oxygens (including phenoxy) is 2. The molecule has 2 N–H and O–H groups in total. The van der Waals surface area contributed by atoms with E-state index in [-0.39, 0.29) is 5.91 Å². The summed E-state index contributed by atoms with van der Waals surface area (Å²) in [4.78, 5) is 25.7. The lowest BCUT2D eigenvalue weighted by Gasteiger charge is -2.35. The second-order valence-electron chi connectivity index (χ2n) is 9.77. The van der Waals surface area contributed by atoms with E-state index in [2.05, 4.69) is 56.3 Å². The predicted molar refractivity (Wildman–Crippen MR) is 146 cm³/mol. The van der Waals surface area contributed by atoms with Crippen molar-refractivity contribution in [2.75, 3.05) is 38.3 Å². The Hall–Kier alpha value is -4.14. The third-order valence-electron chi connectivity index (χ3n) is 7.25. The molecular formula is C30H31N5O3. The highest BCUT2D eigenvalue weighted by atomic mass is 16.7. The van der Waals surface area contributed by atoms with Crippen molar-refractivity contribution in [1.29, 1.82) is 0 Å². The number of carbonyl (C=O) groups excluding carboxylic acids is 1. The number of benzene rings is 2. The Balaban J connectivity index is 1.17. The molecule has 1 amide bonds. The van der Waals surface area contributed by atoms with E-state index >= 15 is 0 Å². The monoisotopic (exact) mass is 509 g/mol. The summed E-state index contributed by atoms with van der Waals surface area (Å²) in [6.45, 7) is 7.89. The van der Waals surface area contributed by atoms with Crippen LogP contribution in [0.1, 0.15) is 27.2 Å². The molecule has 0 atom stereocenters. The topological polar surface area (TPSA) is 82.7 Å². The fourth-order valence-electron chi connectivity index (χ4n) is 5.14. The normalized spacial score (nSPS) is 15.5. The Bertz CT molecular complexity index is 1410. The van der Waals surface area contributed by atoms with Gasteiger partial charge in [-0.05, 0) is 36.8 Å². The molecule has 2 aliphatic rings. The summed E-state index contributed by atoms with van der Waals surface area (Å²) in [5, 5.41) is 3.21. The van der Waals surface area contributed by atoms with Gasteiger partial charge in [0.1, 0.15) is 0 Å². The molecule has 2 aromatic heterocycles. The van der Waals surface area contributed by atoms with Gasteiger partial charge >= 0.3 is 0 Å². The lowest BCUT2D eigenvalue weighted by molar-refractivity contribution is 0.102. The molecule has 8 nitrogen and oxygen atoms in total. The summed E-state index contributed by atoms with van der Waals surface area (Å²) in [7, 11) is 0. The number of aryl methyl sites for hydroxylation is 1. The minimum atomic E-state index is -0.140. The maximum Gasteiger partial charge on any atom is 0.255 e. The number of H-pyrrole nitrogens is 1. The molecule has 2 aliphatic heterocycles. The average molecular weight is 510 g/mol. The highest BCUT2D eigenvalue weighted by Gasteiger charge is 2.24. The van der Waals surface area contributed by atoms with Crippen molar-refractivity contribution in [3.8, 4) is 22.8 Å². The van der Waals surface area contributed by atoms with Crippen LogP contribution in [0.5, 0.6) is 11.5 Å². The van der Waals surface area contributed by atoms with Gasteiger partial charge in [0.25, 0.3) is 5.91 Å². The van der Waals surface area contributed by atoms with Gasteiger partial charge in [-0.15, -0.1) is 0 Å². The van der Waals surface area contributed by atoms with Crippen molar-refractivity contribution in [2.24, 2.45) is 0 Å². The lowest BCUT2D eigenvalue weighted by Crippen LogP contribution is -2.45. The van der Waals surface area contributed by atoms with Crippen molar-refractivity contribution in [3.05, 3.63) is 95.4 Å².